The number of piperidine rings is 1. The van der Waals surface area contributed by atoms with Gasteiger partial charge in [-0.25, -0.2) is 15.0 Å². The molecule has 1 saturated carbocycles. The minimum Gasteiger partial charge on any atom is -0.394 e. The summed E-state index contributed by atoms with van der Waals surface area (Å²) in [5.41, 5.74) is -0.363. The van der Waals surface area contributed by atoms with Crippen LogP contribution in [0.4, 0.5) is 11.8 Å². The van der Waals surface area contributed by atoms with Crippen LogP contribution in [0.1, 0.15) is 56.7 Å². The number of rotatable bonds is 6. The molecule has 10 heteroatoms. The molecule has 2 saturated heterocycles. The molecule has 0 amide bonds. The van der Waals surface area contributed by atoms with Crippen LogP contribution in [-0.2, 0) is 10.8 Å². The van der Waals surface area contributed by atoms with Crippen LogP contribution in [0.5, 0.6) is 0 Å². The Morgan fingerprint density at radius 3 is 2.42 bits per heavy atom. The zero-order chi connectivity index (χ0) is 21.6. The molecule has 0 spiro atoms. The molecule has 2 aromatic rings. The molecule has 3 atom stereocenters. The number of aliphatic hydroxyl groups excluding tert-OH is 1. The van der Waals surface area contributed by atoms with E-state index in [1.807, 2.05) is 0 Å². The Hall–Kier alpha value is -1.84. The fourth-order valence-electron chi connectivity index (χ4n) is 5.21. The molecule has 3 unspecified atom stereocenters. The SMILES string of the molecule is CS(=O)c1cnc(N2C3CCC2CC(c2ncc(Cl)cn2)C3)nc1NC1(CO)CCC1. The van der Waals surface area contributed by atoms with Gasteiger partial charge in [-0.05, 0) is 44.9 Å². The predicted molar refractivity (Wildman–Crippen MR) is 120 cm³/mol. The van der Waals surface area contributed by atoms with Gasteiger partial charge in [0.1, 0.15) is 11.6 Å². The second-order valence-corrected chi connectivity index (χ2v) is 10.8. The summed E-state index contributed by atoms with van der Waals surface area (Å²) in [5.74, 6) is 2.42. The lowest BCUT2D eigenvalue weighted by atomic mass is 9.77. The molecule has 2 aromatic heterocycles. The van der Waals surface area contributed by atoms with Crippen molar-refractivity contribution in [2.45, 2.75) is 73.4 Å². The van der Waals surface area contributed by atoms with Crippen LogP contribution < -0.4 is 10.2 Å². The Morgan fingerprint density at radius 1 is 1.19 bits per heavy atom. The van der Waals surface area contributed by atoms with E-state index < -0.39 is 10.8 Å². The average Bonchev–Trinajstić information content (AvgIpc) is 3.00. The first kappa shape index (κ1) is 21.0. The maximum atomic E-state index is 12.3. The quantitative estimate of drug-likeness (QED) is 0.675. The van der Waals surface area contributed by atoms with Gasteiger partial charge in [0.25, 0.3) is 0 Å². The molecule has 4 heterocycles. The summed E-state index contributed by atoms with van der Waals surface area (Å²) in [6.45, 7) is 0.0415. The normalized spacial score (nSPS) is 27.6. The third kappa shape index (κ3) is 3.91. The average molecular weight is 463 g/mol. The van der Waals surface area contributed by atoms with E-state index in [2.05, 4.69) is 25.2 Å². The van der Waals surface area contributed by atoms with Gasteiger partial charge in [0.05, 0.1) is 39.1 Å². The molecule has 8 nitrogen and oxygen atoms in total. The monoisotopic (exact) mass is 462 g/mol. The number of fused-ring (bicyclic) bond motifs is 2. The van der Waals surface area contributed by atoms with Crippen molar-refractivity contribution in [2.75, 3.05) is 23.1 Å². The van der Waals surface area contributed by atoms with Crippen molar-refractivity contribution >= 4 is 34.2 Å². The van der Waals surface area contributed by atoms with Gasteiger partial charge in [-0.3, -0.25) is 4.21 Å². The van der Waals surface area contributed by atoms with E-state index in [0.717, 1.165) is 50.8 Å². The Labute approximate surface area is 189 Å². The number of anilines is 2. The molecule has 2 aliphatic heterocycles. The highest BCUT2D eigenvalue weighted by atomic mass is 35.5. The van der Waals surface area contributed by atoms with E-state index in [4.69, 9.17) is 16.6 Å². The van der Waals surface area contributed by atoms with Crippen molar-refractivity contribution in [3.8, 4) is 0 Å². The lowest BCUT2D eigenvalue weighted by Gasteiger charge is -2.42. The smallest absolute Gasteiger partial charge is 0.227 e. The third-order valence-corrected chi connectivity index (χ3v) is 8.13. The van der Waals surface area contributed by atoms with Crippen LogP contribution in [0.2, 0.25) is 5.02 Å². The van der Waals surface area contributed by atoms with Crippen LogP contribution in [-0.4, -0.2) is 59.7 Å². The van der Waals surface area contributed by atoms with Crippen LogP contribution in [0.15, 0.2) is 23.5 Å². The highest BCUT2D eigenvalue weighted by molar-refractivity contribution is 7.84. The van der Waals surface area contributed by atoms with E-state index in [0.29, 0.717) is 39.7 Å². The van der Waals surface area contributed by atoms with Gasteiger partial charge >= 0.3 is 0 Å². The van der Waals surface area contributed by atoms with E-state index in [9.17, 15) is 9.32 Å². The number of hydrogen-bond acceptors (Lipinski definition) is 8. The summed E-state index contributed by atoms with van der Waals surface area (Å²) >= 11 is 5.95. The minimum absolute atomic E-state index is 0.0415. The zero-order valence-corrected chi connectivity index (χ0v) is 19.1. The summed E-state index contributed by atoms with van der Waals surface area (Å²) in [4.78, 5) is 21.2. The van der Waals surface area contributed by atoms with E-state index in [-0.39, 0.29) is 12.1 Å². The molecule has 2 bridgehead atoms. The first-order chi connectivity index (χ1) is 15.0. The number of aliphatic hydroxyl groups is 1. The summed E-state index contributed by atoms with van der Waals surface area (Å²) in [6.07, 6.45) is 13.6. The molecule has 0 radical (unpaired) electrons. The van der Waals surface area contributed by atoms with Gasteiger partial charge in [0, 0.05) is 36.7 Å². The van der Waals surface area contributed by atoms with Gasteiger partial charge in [0.15, 0.2) is 0 Å². The van der Waals surface area contributed by atoms with Crippen molar-refractivity contribution < 1.29 is 9.32 Å². The second kappa shape index (κ2) is 8.26. The molecule has 0 aromatic carbocycles. The fraction of sp³-hybridized carbons (Fsp3) is 0.619. The van der Waals surface area contributed by atoms with Gasteiger partial charge in [-0.15, -0.1) is 0 Å². The molecule has 166 valence electrons. The lowest BCUT2D eigenvalue weighted by Crippen LogP contribution is -2.49. The number of nitrogens with zero attached hydrogens (tertiary/aromatic N) is 5. The first-order valence-electron chi connectivity index (χ1n) is 10.8. The Morgan fingerprint density at radius 2 is 1.87 bits per heavy atom. The molecule has 3 aliphatic rings. The van der Waals surface area contributed by atoms with E-state index in [1.54, 1.807) is 24.8 Å². The van der Waals surface area contributed by atoms with Crippen molar-refractivity contribution in [1.82, 2.24) is 19.9 Å². The van der Waals surface area contributed by atoms with Crippen LogP contribution in [0.25, 0.3) is 0 Å². The van der Waals surface area contributed by atoms with Crippen LogP contribution in [0.3, 0.4) is 0 Å². The summed E-state index contributed by atoms with van der Waals surface area (Å²) in [6, 6.07) is 0.647. The molecule has 5 rings (SSSR count). The fourth-order valence-corrected chi connectivity index (χ4v) is 5.88. The predicted octanol–water partition coefficient (Wildman–Crippen LogP) is 2.90. The van der Waals surface area contributed by atoms with Crippen molar-refractivity contribution in [2.24, 2.45) is 0 Å². The van der Waals surface area contributed by atoms with Gasteiger partial charge in [-0.2, -0.15) is 4.98 Å². The minimum atomic E-state index is -1.22. The number of hydrogen-bond donors (Lipinski definition) is 2. The maximum Gasteiger partial charge on any atom is 0.227 e. The Bertz CT molecular complexity index is 967. The lowest BCUT2D eigenvalue weighted by molar-refractivity contribution is 0.143. The standard InChI is InChI=1S/C21H27ClN6O2S/c1-31(30)17-11-25-20(26-19(17)27-21(12-29)5-2-6-21)28-15-3-4-16(28)8-13(7-15)18-23-9-14(22)10-24-18/h9-11,13,15-16,29H,2-8,12H2,1H3,(H,25,26,27). The molecule has 31 heavy (non-hydrogen) atoms. The highest BCUT2D eigenvalue weighted by Crippen LogP contribution is 2.44. The highest BCUT2D eigenvalue weighted by Gasteiger charge is 2.44. The van der Waals surface area contributed by atoms with Crippen LogP contribution in [0, 0.1) is 0 Å². The molecular weight excluding hydrogens is 436 g/mol. The third-order valence-electron chi connectivity index (χ3n) is 7.02. The first-order valence-corrected chi connectivity index (χ1v) is 12.8. The molecular formula is C21H27ClN6O2S. The van der Waals surface area contributed by atoms with E-state index >= 15 is 0 Å². The van der Waals surface area contributed by atoms with Gasteiger partial charge < -0.3 is 15.3 Å². The molecule has 1 aliphatic carbocycles. The topological polar surface area (TPSA) is 104 Å². The molecule has 2 N–H and O–H groups in total. The summed E-state index contributed by atoms with van der Waals surface area (Å²) < 4.78 is 12.3. The number of halogens is 1. The Balaban J connectivity index is 1.41. The Kier molecular flexibility index (Phi) is 5.60. The maximum absolute atomic E-state index is 12.3. The van der Waals surface area contributed by atoms with Crippen molar-refractivity contribution in [3.05, 3.63) is 29.4 Å². The number of nitrogens with one attached hydrogen (secondary N) is 1. The van der Waals surface area contributed by atoms with Crippen molar-refractivity contribution in [1.29, 1.82) is 0 Å². The van der Waals surface area contributed by atoms with Gasteiger partial charge in [0.2, 0.25) is 5.95 Å². The second-order valence-electron chi connectivity index (χ2n) is 8.97. The summed E-state index contributed by atoms with van der Waals surface area (Å²) in [5, 5.41) is 13.8. The van der Waals surface area contributed by atoms with Crippen molar-refractivity contribution in [3.63, 3.8) is 0 Å². The van der Waals surface area contributed by atoms with Gasteiger partial charge in [-0.1, -0.05) is 11.6 Å². The summed E-state index contributed by atoms with van der Waals surface area (Å²) in [7, 11) is -1.22. The van der Waals surface area contributed by atoms with Crippen LogP contribution >= 0.6 is 11.6 Å². The van der Waals surface area contributed by atoms with E-state index in [1.165, 1.54) is 0 Å². The largest absolute Gasteiger partial charge is 0.394 e. The number of aromatic nitrogens is 4. The zero-order valence-electron chi connectivity index (χ0n) is 17.5. The molecule has 3 fully saturated rings.